The predicted octanol–water partition coefficient (Wildman–Crippen LogP) is 4.09. The van der Waals surface area contributed by atoms with Gasteiger partial charge in [0.25, 0.3) is 5.91 Å². The molecule has 0 bridgehead atoms. The monoisotopic (exact) mass is 396 g/mol. The summed E-state index contributed by atoms with van der Waals surface area (Å²) in [5, 5.41) is 9.32. The summed E-state index contributed by atoms with van der Waals surface area (Å²) in [4.78, 5) is 13.9. The number of amides is 1. The first kappa shape index (κ1) is 14.8. The Morgan fingerprint density at radius 2 is 1.90 bits per heavy atom. The predicted molar refractivity (Wildman–Crippen MR) is 88.1 cm³/mol. The molecule has 0 N–H and O–H groups in total. The lowest BCUT2D eigenvalue weighted by Gasteiger charge is -2.17. The van der Waals surface area contributed by atoms with Crippen LogP contribution in [0.25, 0.3) is 0 Å². The highest BCUT2D eigenvalue weighted by molar-refractivity contribution is 14.1. The number of nitrogens with zero attached hydrogens (tertiary/aromatic N) is 2. The maximum absolute atomic E-state index is 12.4. The molecule has 0 atom stereocenters. The van der Waals surface area contributed by atoms with Crippen molar-refractivity contribution in [2.24, 2.45) is 0 Å². The normalized spacial score (nSPS) is 9.90. The van der Waals surface area contributed by atoms with Gasteiger partial charge in [0.15, 0.2) is 0 Å². The van der Waals surface area contributed by atoms with Gasteiger partial charge in [-0.2, -0.15) is 5.26 Å². The number of carbonyl (C=O) groups is 1. The minimum absolute atomic E-state index is 0.145. The highest BCUT2D eigenvalue weighted by Crippen LogP contribution is 2.22. The van der Waals surface area contributed by atoms with E-state index in [0.29, 0.717) is 16.1 Å². The fourth-order valence-corrected chi connectivity index (χ4v) is 2.22. The molecule has 1 amide bonds. The molecular formula is C15H10ClIN2O. The van der Waals surface area contributed by atoms with Crippen LogP contribution in [0.2, 0.25) is 5.02 Å². The Bertz CT molecular complexity index is 692. The summed E-state index contributed by atoms with van der Waals surface area (Å²) in [6.07, 6.45) is 0. The smallest absolute Gasteiger partial charge is 0.258 e. The second kappa shape index (κ2) is 6.25. The summed E-state index contributed by atoms with van der Waals surface area (Å²) >= 11 is 8.15. The summed E-state index contributed by atoms with van der Waals surface area (Å²) in [5.74, 6) is -0.145. The van der Waals surface area contributed by atoms with Crippen molar-refractivity contribution < 1.29 is 4.79 Å². The van der Waals surface area contributed by atoms with E-state index in [9.17, 15) is 4.79 Å². The molecule has 20 heavy (non-hydrogen) atoms. The Morgan fingerprint density at radius 1 is 1.25 bits per heavy atom. The summed E-state index contributed by atoms with van der Waals surface area (Å²) in [6, 6.07) is 14.1. The molecule has 5 heteroatoms. The van der Waals surface area contributed by atoms with Crippen LogP contribution in [0.15, 0.2) is 42.5 Å². The van der Waals surface area contributed by atoms with Gasteiger partial charge in [-0.05, 0) is 65.1 Å². The van der Waals surface area contributed by atoms with Crippen LogP contribution in [0.1, 0.15) is 15.9 Å². The lowest BCUT2D eigenvalue weighted by Crippen LogP contribution is -2.26. The van der Waals surface area contributed by atoms with Crippen LogP contribution in [-0.4, -0.2) is 13.0 Å². The van der Waals surface area contributed by atoms with Gasteiger partial charge in [0, 0.05) is 21.9 Å². The van der Waals surface area contributed by atoms with Crippen molar-refractivity contribution in [1.29, 1.82) is 5.26 Å². The maximum atomic E-state index is 12.4. The number of halogens is 2. The van der Waals surface area contributed by atoms with E-state index in [1.165, 1.54) is 4.90 Å². The first-order chi connectivity index (χ1) is 9.52. The molecule has 0 saturated heterocycles. The molecule has 0 saturated carbocycles. The van der Waals surface area contributed by atoms with E-state index >= 15 is 0 Å². The van der Waals surface area contributed by atoms with Crippen molar-refractivity contribution in [3.63, 3.8) is 0 Å². The Hall–Kier alpha value is -1.58. The van der Waals surface area contributed by atoms with E-state index in [1.54, 1.807) is 43.4 Å². The van der Waals surface area contributed by atoms with Crippen molar-refractivity contribution in [2.45, 2.75) is 0 Å². The Kier molecular flexibility index (Phi) is 4.63. The van der Waals surface area contributed by atoms with Crippen LogP contribution in [-0.2, 0) is 0 Å². The fraction of sp³-hybridized carbons (Fsp3) is 0.0667. The van der Waals surface area contributed by atoms with Crippen LogP contribution < -0.4 is 4.90 Å². The molecule has 0 aliphatic carbocycles. The minimum Gasteiger partial charge on any atom is -0.311 e. The molecule has 2 aromatic rings. The highest BCUT2D eigenvalue weighted by atomic mass is 127. The average molecular weight is 397 g/mol. The Morgan fingerprint density at radius 3 is 2.45 bits per heavy atom. The molecule has 0 spiro atoms. The van der Waals surface area contributed by atoms with Crippen molar-refractivity contribution >= 4 is 45.8 Å². The third kappa shape index (κ3) is 3.11. The summed E-state index contributed by atoms with van der Waals surface area (Å²) in [5.41, 5.74) is 1.82. The summed E-state index contributed by atoms with van der Waals surface area (Å²) in [7, 11) is 1.69. The van der Waals surface area contributed by atoms with Gasteiger partial charge in [-0.3, -0.25) is 4.79 Å². The highest BCUT2D eigenvalue weighted by Gasteiger charge is 2.14. The Labute approximate surface area is 135 Å². The van der Waals surface area contributed by atoms with Crippen LogP contribution >= 0.6 is 34.2 Å². The third-order valence-electron chi connectivity index (χ3n) is 2.85. The van der Waals surface area contributed by atoms with Gasteiger partial charge in [0.05, 0.1) is 16.7 Å². The van der Waals surface area contributed by atoms with E-state index in [-0.39, 0.29) is 5.91 Å². The lowest BCUT2D eigenvalue weighted by atomic mass is 10.1. The van der Waals surface area contributed by atoms with E-state index in [1.807, 2.05) is 12.1 Å². The number of hydrogen-bond donors (Lipinski definition) is 0. The van der Waals surface area contributed by atoms with Crippen molar-refractivity contribution in [3.8, 4) is 6.07 Å². The van der Waals surface area contributed by atoms with Crippen LogP contribution in [0.4, 0.5) is 5.69 Å². The van der Waals surface area contributed by atoms with Gasteiger partial charge in [-0.15, -0.1) is 0 Å². The number of nitriles is 1. The van der Waals surface area contributed by atoms with Gasteiger partial charge in [0.1, 0.15) is 0 Å². The Balaban J connectivity index is 2.27. The van der Waals surface area contributed by atoms with Crippen LogP contribution in [0.5, 0.6) is 0 Å². The SMILES string of the molecule is CN(C(=O)c1ccc(I)c(Cl)c1)c1ccc(C#N)cc1. The first-order valence-electron chi connectivity index (χ1n) is 5.76. The molecular weight excluding hydrogens is 387 g/mol. The lowest BCUT2D eigenvalue weighted by molar-refractivity contribution is 0.0993. The summed E-state index contributed by atoms with van der Waals surface area (Å²) < 4.78 is 0.904. The fourth-order valence-electron chi connectivity index (χ4n) is 1.70. The molecule has 0 unspecified atom stereocenters. The van der Waals surface area contributed by atoms with Gasteiger partial charge in [0.2, 0.25) is 0 Å². The van der Waals surface area contributed by atoms with Gasteiger partial charge in [-0.1, -0.05) is 11.6 Å². The zero-order valence-electron chi connectivity index (χ0n) is 10.6. The molecule has 0 heterocycles. The molecule has 100 valence electrons. The van der Waals surface area contributed by atoms with E-state index in [2.05, 4.69) is 22.6 Å². The number of benzene rings is 2. The molecule has 0 radical (unpaired) electrons. The van der Waals surface area contributed by atoms with Gasteiger partial charge < -0.3 is 4.90 Å². The van der Waals surface area contributed by atoms with Crippen molar-refractivity contribution in [3.05, 3.63) is 62.2 Å². The van der Waals surface area contributed by atoms with E-state index in [4.69, 9.17) is 16.9 Å². The zero-order valence-corrected chi connectivity index (χ0v) is 13.5. The standard InChI is InChI=1S/C15H10ClIN2O/c1-19(12-5-2-10(9-18)3-6-12)15(20)11-4-7-14(17)13(16)8-11/h2-8H,1H3. The second-order valence-electron chi connectivity index (χ2n) is 4.15. The number of hydrogen-bond acceptors (Lipinski definition) is 2. The molecule has 2 rings (SSSR count). The number of anilines is 1. The molecule has 2 aromatic carbocycles. The number of carbonyl (C=O) groups excluding carboxylic acids is 1. The average Bonchev–Trinajstić information content (AvgIpc) is 2.48. The molecule has 3 nitrogen and oxygen atoms in total. The second-order valence-corrected chi connectivity index (χ2v) is 5.72. The van der Waals surface area contributed by atoms with Gasteiger partial charge >= 0.3 is 0 Å². The molecule has 0 aliphatic heterocycles. The molecule has 0 aromatic heterocycles. The van der Waals surface area contributed by atoms with E-state index < -0.39 is 0 Å². The minimum atomic E-state index is -0.145. The van der Waals surface area contributed by atoms with E-state index in [0.717, 1.165) is 9.26 Å². The topological polar surface area (TPSA) is 44.1 Å². The van der Waals surface area contributed by atoms with Crippen molar-refractivity contribution in [1.82, 2.24) is 0 Å². The largest absolute Gasteiger partial charge is 0.311 e. The number of rotatable bonds is 2. The van der Waals surface area contributed by atoms with Crippen LogP contribution in [0, 0.1) is 14.9 Å². The molecule has 0 fully saturated rings. The molecule has 0 aliphatic rings. The third-order valence-corrected chi connectivity index (χ3v) is 4.43. The van der Waals surface area contributed by atoms with Gasteiger partial charge in [-0.25, -0.2) is 0 Å². The zero-order chi connectivity index (χ0) is 14.7. The van der Waals surface area contributed by atoms with Crippen LogP contribution in [0.3, 0.4) is 0 Å². The quantitative estimate of drug-likeness (QED) is 0.718. The van der Waals surface area contributed by atoms with Crippen molar-refractivity contribution in [2.75, 3.05) is 11.9 Å². The summed E-state index contributed by atoms with van der Waals surface area (Å²) in [6.45, 7) is 0. The maximum Gasteiger partial charge on any atom is 0.258 e. The first-order valence-corrected chi connectivity index (χ1v) is 7.22.